The summed E-state index contributed by atoms with van der Waals surface area (Å²) in [6, 6.07) is 8.46. The Morgan fingerprint density at radius 1 is 1.22 bits per heavy atom. The molecule has 0 unspecified atom stereocenters. The van der Waals surface area contributed by atoms with Gasteiger partial charge in [0, 0.05) is 0 Å². The van der Waals surface area contributed by atoms with Crippen LogP contribution in [0.5, 0.6) is 0 Å². The Labute approximate surface area is 132 Å². The molecular formula is C16H13FN6. The summed E-state index contributed by atoms with van der Waals surface area (Å²) >= 11 is 0. The predicted molar refractivity (Wildman–Crippen MR) is 83.0 cm³/mol. The van der Waals surface area contributed by atoms with E-state index in [2.05, 4.69) is 26.7 Å². The lowest BCUT2D eigenvalue weighted by atomic mass is 10.1. The first-order valence-corrected chi connectivity index (χ1v) is 6.90. The van der Waals surface area contributed by atoms with Crippen molar-refractivity contribution in [3.05, 3.63) is 59.3 Å². The number of rotatable bonds is 3. The number of benzene rings is 1. The van der Waals surface area contributed by atoms with E-state index in [1.807, 2.05) is 6.92 Å². The number of para-hydroxylation sites is 1. The van der Waals surface area contributed by atoms with Crippen LogP contribution in [0, 0.1) is 31.0 Å². The van der Waals surface area contributed by atoms with Crippen molar-refractivity contribution in [2.75, 3.05) is 5.32 Å². The molecule has 1 N–H and O–H groups in total. The minimum Gasteiger partial charge on any atom is -0.335 e. The van der Waals surface area contributed by atoms with Gasteiger partial charge in [0.25, 0.3) is 0 Å². The van der Waals surface area contributed by atoms with Crippen molar-refractivity contribution < 1.29 is 4.39 Å². The normalized spacial score (nSPS) is 10.3. The van der Waals surface area contributed by atoms with Crippen LogP contribution in [0.1, 0.15) is 16.8 Å². The fraction of sp³-hybridized carbons (Fsp3) is 0.125. The van der Waals surface area contributed by atoms with E-state index in [0.717, 1.165) is 5.56 Å². The van der Waals surface area contributed by atoms with Gasteiger partial charge >= 0.3 is 0 Å². The molecule has 7 heteroatoms. The van der Waals surface area contributed by atoms with Crippen molar-refractivity contribution in [1.82, 2.24) is 20.0 Å². The van der Waals surface area contributed by atoms with Gasteiger partial charge < -0.3 is 5.32 Å². The molecule has 6 nitrogen and oxygen atoms in total. The molecule has 1 aromatic carbocycles. The van der Waals surface area contributed by atoms with Crippen LogP contribution in [0.15, 0.2) is 36.7 Å². The van der Waals surface area contributed by atoms with Gasteiger partial charge in [-0.05, 0) is 31.5 Å². The molecule has 0 fully saturated rings. The number of aryl methyl sites for hydroxylation is 1. The van der Waals surface area contributed by atoms with E-state index in [-0.39, 0.29) is 5.82 Å². The van der Waals surface area contributed by atoms with E-state index < -0.39 is 0 Å². The van der Waals surface area contributed by atoms with Gasteiger partial charge in [-0.25, -0.2) is 9.07 Å². The van der Waals surface area contributed by atoms with Crippen LogP contribution in [0.3, 0.4) is 0 Å². The van der Waals surface area contributed by atoms with Gasteiger partial charge in [0.2, 0.25) is 0 Å². The minimum atomic E-state index is -0.370. The molecule has 2 aromatic heterocycles. The first kappa shape index (κ1) is 14.7. The third-order valence-electron chi connectivity index (χ3n) is 3.51. The second-order valence-electron chi connectivity index (χ2n) is 5.00. The van der Waals surface area contributed by atoms with Gasteiger partial charge in [0.15, 0.2) is 5.82 Å². The average molecular weight is 308 g/mol. The highest BCUT2D eigenvalue weighted by atomic mass is 19.1. The summed E-state index contributed by atoms with van der Waals surface area (Å²) in [7, 11) is 0. The van der Waals surface area contributed by atoms with Gasteiger partial charge in [-0.2, -0.15) is 15.5 Å². The van der Waals surface area contributed by atoms with Crippen LogP contribution < -0.4 is 5.32 Å². The number of nitriles is 1. The molecule has 0 amide bonds. The molecular weight excluding hydrogens is 295 g/mol. The van der Waals surface area contributed by atoms with Crippen LogP contribution in [0.2, 0.25) is 0 Å². The smallest absolute Gasteiger partial charge is 0.171 e. The molecule has 0 saturated heterocycles. The fourth-order valence-electron chi connectivity index (χ4n) is 2.13. The second kappa shape index (κ2) is 5.85. The van der Waals surface area contributed by atoms with Crippen LogP contribution in [-0.4, -0.2) is 20.0 Å². The first-order valence-electron chi connectivity index (χ1n) is 6.90. The summed E-state index contributed by atoms with van der Waals surface area (Å²) in [6.07, 6.45) is 3.15. The zero-order valence-electron chi connectivity index (χ0n) is 12.6. The van der Waals surface area contributed by atoms with Crippen molar-refractivity contribution >= 4 is 11.5 Å². The van der Waals surface area contributed by atoms with Gasteiger partial charge in [-0.1, -0.05) is 12.1 Å². The average Bonchev–Trinajstić information content (AvgIpc) is 3.00. The Morgan fingerprint density at radius 2 is 2.00 bits per heavy atom. The third kappa shape index (κ3) is 2.74. The predicted octanol–water partition coefficient (Wildman–Crippen LogP) is 3.03. The van der Waals surface area contributed by atoms with Crippen molar-refractivity contribution in [2.45, 2.75) is 13.8 Å². The summed E-state index contributed by atoms with van der Waals surface area (Å²) in [5, 5.41) is 24.4. The molecule has 3 aromatic rings. The van der Waals surface area contributed by atoms with Crippen LogP contribution in [0.25, 0.3) is 5.69 Å². The number of nitrogens with one attached hydrogen (secondary N) is 1. The number of hydrogen-bond donors (Lipinski definition) is 1. The van der Waals surface area contributed by atoms with Gasteiger partial charge in [-0.3, -0.25) is 0 Å². The standard InChI is InChI=1S/C16H13FN6/c1-10-11(2)21-22-16(13(10)7-18)20-12-8-19-23(9-12)15-6-4-3-5-14(15)17/h3-6,8-9H,1-2H3,(H,20,22). The van der Waals surface area contributed by atoms with Crippen molar-refractivity contribution in [3.63, 3.8) is 0 Å². The van der Waals surface area contributed by atoms with Crippen LogP contribution in [-0.2, 0) is 0 Å². The minimum absolute atomic E-state index is 0.340. The first-order chi connectivity index (χ1) is 11.1. The van der Waals surface area contributed by atoms with E-state index in [1.165, 1.54) is 16.9 Å². The van der Waals surface area contributed by atoms with E-state index >= 15 is 0 Å². The Hall–Kier alpha value is -3.27. The van der Waals surface area contributed by atoms with E-state index in [4.69, 9.17) is 0 Å². The number of aromatic nitrogens is 4. The molecule has 114 valence electrons. The molecule has 0 radical (unpaired) electrons. The maximum absolute atomic E-state index is 13.8. The topological polar surface area (TPSA) is 79.4 Å². The molecule has 0 aliphatic carbocycles. The molecule has 0 spiro atoms. The zero-order valence-corrected chi connectivity index (χ0v) is 12.6. The maximum atomic E-state index is 13.8. The summed E-state index contributed by atoms with van der Waals surface area (Å²) < 4.78 is 15.2. The number of nitrogens with zero attached hydrogens (tertiary/aromatic N) is 5. The summed E-state index contributed by atoms with van der Waals surface area (Å²) in [4.78, 5) is 0. The molecule has 0 aliphatic heterocycles. The second-order valence-corrected chi connectivity index (χ2v) is 5.00. The van der Waals surface area contributed by atoms with Crippen LogP contribution >= 0.6 is 0 Å². The monoisotopic (exact) mass is 308 g/mol. The molecule has 0 aliphatic rings. The lowest BCUT2D eigenvalue weighted by Gasteiger charge is -2.07. The Morgan fingerprint density at radius 3 is 2.74 bits per heavy atom. The van der Waals surface area contributed by atoms with Crippen molar-refractivity contribution in [2.24, 2.45) is 0 Å². The number of anilines is 2. The Balaban J connectivity index is 1.93. The van der Waals surface area contributed by atoms with E-state index in [1.54, 1.807) is 31.3 Å². The van der Waals surface area contributed by atoms with Gasteiger partial charge in [0.05, 0.1) is 23.8 Å². The highest BCUT2D eigenvalue weighted by Gasteiger charge is 2.12. The Bertz CT molecular complexity index is 909. The molecule has 3 rings (SSSR count). The maximum Gasteiger partial charge on any atom is 0.171 e. The number of hydrogen-bond acceptors (Lipinski definition) is 5. The van der Waals surface area contributed by atoms with Gasteiger partial charge in [0.1, 0.15) is 23.1 Å². The van der Waals surface area contributed by atoms with Crippen LogP contribution in [0.4, 0.5) is 15.9 Å². The van der Waals surface area contributed by atoms with E-state index in [0.29, 0.717) is 28.5 Å². The lowest BCUT2D eigenvalue weighted by Crippen LogP contribution is -2.03. The van der Waals surface area contributed by atoms with Gasteiger partial charge in [-0.15, -0.1) is 5.10 Å². The zero-order chi connectivity index (χ0) is 16.4. The van der Waals surface area contributed by atoms with Crippen molar-refractivity contribution in [3.8, 4) is 11.8 Å². The summed E-state index contributed by atoms with van der Waals surface area (Å²) in [6.45, 7) is 3.61. The highest BCUT2D eigenvalue weighted by molar-refractivity contribution is 5.63. The fourth-order valence-corrected chi connectivity index (χ4v) is 2.13. The highest BCUT2D eigenvalue weighted by Crippen LogP contribution is 2.22. The quantitative estimate of drug-likeness (QED) is 0.804. The molecule has 0 bridgehead atoms. The van der Waals surface area contributed by atoms with E-state index in [9.17, 15) is 9.65 Å². The van der Waals surface area contributed by atoms with Crippen molar-refractivity contribution in [1.29, 1.82) is 5.26 Å². The third-order valence-corrected chi connectivity index (χ3v) is 3.51. The SMILES string of the molecule is Cc1nnc(Nc2cnn(-c3ccccc3F)c2)c(C#N)c1C. The Kier molecular flexibility index (Phi) is 3.73. The largest absolute Gasteiger partial charge is 0.335 e. The molecule has 0 atom stereocenters. The molecule has 23 heavy (non-hydrogen) atoms. The molecule has 0 saturated carbocycles. The lowest BCUT2D eigenvalue weighted by molar-refractivity contribution is 0.611. The number of halogens is 1. The molecule has 2 heterocycles. The summed E-state index contributed by atoms with van der Waals surface area (Å²) in [5.41, 5.74) is 2.83. The summed E-state index contributed by atoms with van der Waals surface area (Å²) in [5.74, 6) is -0.0190.